The Morgan fingerprint density at radius 1 is 1.15 bits per heavy atom. The molecule has 0 aliphatic heterocycles. The third kappa shape index (κ3) is 2.69. The molecule has 0 aromatic heterocycles. The first-order valence-electron chi connectivity index (χ1n) is 5.91. The quantitative estimate of drug-likeness (QED) is 0.908. The number of hydrogen-bond acceptors (Lipinski definition) is 2. The molecule has 0 aliphatic rings. The van der Waals surface area contributed by atoms with Crippen LogP contribution < -0.4 is 4.74 Å². The van der Waals surface area contributed by atoms with Crippen LogP contribution in [-0.2, 0) is 0 Å². The average molecular weight is 343 g/mol. The first kappa shape index (κ1) is 14.9. The van der Waals surface area contributed by atoms with Crippen LogP contribution in [0.5, 0.6) is 5.75 Å². The van der Waals surface area contributed by atoms with Crippen LogP contribution in [0.25, 0.3) is 0 Å². The summed E-state index contributed by atoms with van der Waals surface area (Å²) in [6.07, 6.45) is -1.24. The zero-order valence-corrected chi connectivity index (χ0v) is 12.5. The van der Waals surface area contributed by atoms with Gasteiger partial charge in [-0.1, -0.05) is 18.2 Å². The van der Waals surface area contributed by atoms with Crippen molar-refractivity contribution in [2.45, 2.75) is 13.0 Å². The van der Waals surface area contributed by atoms with E-state index in [4.69, 9.17) is 4.74 Å². The van der Waals surface area contributed by atoms with Crippen molar-refractivity contribution in [3.05, 3.63) is 63.1 Å². The van der Waals surface area contributed by atoms with E-state index in [1.807, 2.05) is 0 Å². The molecular weight excluding hydrogens is 330 g/mol. The molecule has 0 amide bonds. The highest BCUT2D eigenvalue weighted by molar-refractivity contribution is 9.10. The Hall–Kier alpha value is -1.46. The van der Waals surface area contributed by atoms with E-state index in [0.717, 1.165) is 0 Å². The molecule has 2 aromatic rings. The van der Waals surface area contributed by atoms with Crippen LogP contribution >= 0.6 is 15.9 Å². The van der Waals surface area contributed by atoms with Crippen molar-refractivity contribution in [2.75, 3.05) is 7.11 Å². The van der Waals surface area contributed by atoms with E-state index >= 15 is 0 Å². The second kappa shape index (κ2) is 5.89. The van der Waals surface area contributed by atoms with Gasteiger partial charge in [-0.05, 0) is 46.1 Å². The standard InChI is InChI=1S/C15H13BrF2O2/c1-8-3-5-10(14(18)13(8)17)15(19)9-4-6-12(20-2)11(16)7-9/h3-7,15,19H,1-2H3. The molecule has 106 valence electrons. The predicted octanol–water partition coefficient (Wildman–Crippen LogP) is 4.13. The Balaban J connectivity index is 2.44. The van der Waals surface area contributed by atoms with Gasteiger partial charge in [0.1, 0.15) is 11.9 Å². The molecule has 2 aromatic carbocycles. The number of ether oxygens (including phenoxy) is 1. The minimum Gasteiger partial charge on any atom is -0.496 e. The molecule has 0 bridgehead atoms. The van der Waals surface area contributed by atoms with Gasteiger partial charge in [-0.2, -0.15) is 0 Å². The zero-order chi connectivity index (χ0) is 14.9. The Morgan fingerprint density at radius 2 is 1.85 bits per heavy atom. The first-order valence-corrected chi connectivity index (χ1v) is 6.71. The van der Waals surface area contributed by atoms with Crippen LogP contribution in [0.4, 0.5) is 8.78 Å². The van der Waals surface area contributed by atoms with E-state index in [0.29, 0.717) is 15.8 Å². The second-order valence-corrected chi connectivity index (χ2v) is 5.25. The van der Waals surface area contributed by atoms with Crippen molar-refractivity contribution in [3.8, 4) is 5.75 Å². The highest BCUT2D eigenvalue weighted by Gasteiger charge is 2.19. The molecule has 0 fully saturated rings. The molecule has 0 heterocycles. The normalized spacial score (nSPS) is 12.3. The lowest BCUT2D eigenvalue weighted by molar-refractivity contribution is 0.213. The van der Waals surface area contributed by atoms with Gasteiger partial charge in [-0.3, -0.25) is 0 Å². The number of rotatable bonds is 3. The second-order valence-electron chi connectivity index (χ2n) is 4.40. The van der Waals surface area contributed by atoms with Crippen LogP contribution in [0.3, 0.4) is 0 Å². The number of methoxy groups -OCH3 is 1. The molecule has 5 heteroatoms. The van der Waals surface area contributed by atoms with Crippen molar-refractivity contribution in [2.24, 2.45) is 0 Å². The summed E-state index contributed by atoms with van der Waals surface area (Å²) >= 11 is 3.29. The minimum absolute atomic E-state index is 0.0924. The third-order valence-electron chi connectivity index (χ3n) is 3.09. The maximum Gasteiger partial charge on any atom is 0.165 e. The van der Waals surface area contributed by atoms with Crippen LogP contribution in [0.15, 0.2) is 34.8 Å². The van der Waals surface area contributed by atoms with Gasteiger partial charge in [0.2, 0.25) is 0 Å². The summed E-state index contributed by atoms with van der Waals surface area (Å²) in [6.45, 7) is 1.47. The fourth-order valence-electron chi connectivity index (χ4n) is 1.90. The number of hydrogen-bond donors (Lipinski definition) is 1. The van der Waals surface area contributed by atoms with Crippen molar-refractivity contribution in [3.63, 3.8) is 0 Å². The van der Waals surface area contributed by atoms with E-state index in [1.165, 1.54) is 26.2 Å². The molecule has 2 rings (SSSR count). The van der Waals surface area contributed by atoms with Crippen LogP contribution in [-0.4, -0.2) is 12.2 Å². The lowest BCUT2D eigenvalue weighted by atomic mass is 9.99. The summed E-state index contributed by atoms with van der Waals surface area (Å²) in [7, 11) is 1.52. The molecular formula is C15H13BrF2O2. The summed E-state index contributed by atoms with van der Waals surface area (Å²) in [5.74, 6) is -1.37. The maximum absolute atomic E-state index is 13.9. The molecule has 0 saturated carbocycles. The Labute approximate surface area is 124 Å². The lowest BCUT2D eigenvalue weighted by Gasteiger charge is -2.15. The summed E-state index contributed by atoms with van der Waals surface area (Å²) in [5.41, 5.74) is 0.555. The van der Waals surface area contributed by atoms with Gasteiger partial charge in [0, 0.05) is 5.56 Å². The summed E-state index contributed by atoms with van der Waals surface area (Å²) < 4.78 is 33.1. The molecule has 1 N–H and O–H groups in total. The van der Waals surface area contributed by atoms with E-state index in [-0.39, 0.29) is 11.1 Å². The van der Waals surface area contributed by atoms with Gasteiger partial charge in [0.05, 0.1) is 11.6 Å². The molecule has 0 saturated heterocycles. The van der Waals surface area contributed by atoms with E-state index in [1.54, 1.807) is 18.2 Å². The number of benzene rings is 2. The van der Waals surface area contributed by atoms with Crippen LogP contribution in [0.2, 0.25) is 0 Å². The zero-order valence-electron chi connectivity index (χ0n) is 11.0. The van der Waals surface area contributed by atoms with Crippen molar-refractivity contribution >= 4 is 15.9 Å². The molecule has 2 nitrogen and oxygen atoms in total. The lowest BCUT2D eigenvalue weighted by Crippen LogP contribution is -2.05. The van der Waals surface area contributed by atoms with E-state index < -0.39 is 17.7 Å². The minimum atomic E-state index is -1.24. The third-order valence-corrected chi connectivity index (χ3v) is 3.71. The highest BCUT2D eigenvalue weighted by Crippen LogP contribution is 2.32. The monoisotopic (exact) mass is 342 g/mol. The van der Waals surface area contributed by atoms with Gasteiger partial charge in [0.15, 0.2) is 11.6 Å². The van der Waals surface area contributed by atoms with Gasteiger partial charge < -0.3 is 9.84 Å². The largest absolute Gasteiger partial charge is 0.496 e. The van der Waals surface area contributed by atoms with E-state index in [2.05, 4.69) is 15.9 Å². The van der Waals surface area contributed by atoms with Gasteiger partial charge in [-0.15, -0.1) is 0 Å². The number of aryl methyl sites for hydroxylation is 1. The van der Waals surface area contributed by atoms with Crippen molar-refractivity contribution in [1.82, 2.24) is 0 Å². The van der Waals surface area contributed by atoms with Gasteiger partial charge in [-0.25, -0.2) is 8.78 Å². The van der Waals surface area contributed by atoms with Gasteiger partial charge in [0.25, 0.3) is 0 Å². The summed E-state index contributed by atoms with van der Waals surface area (Å²) in [4.78, 5) is 0. The number of aliphatic hydroxyl groups excluding tert-OH is 1. The Bertz CT molecular complexity index is 644. The topological polar surface area (TPSA) is 29.5 Å². The predicted molar refractivity (Wildman–Crippen MR) is 75.9 cm³/mol. The maximum atomic E-state index is 13.9. The molecule has 1 atom stereocenters. The van der Waals surface area contributed by atoms with Crippen molar-refractivity contribution in [1.29, 1.82) is 0 Å². The number of halogens is 3. The average Bonchev–Trinajstić information content (AvgIpc) is 2.44. The summed E-state index contributed by atoms with van der Waals surface area (Å²) in [5, 5.41) is 10.2. The smallest absolute Gasteiger partial charge is 0.165 e. The molecule has 0 aliphatic carbocycles. The van der Waals surface area contributed by atoms with Crippen LogP contribution in [0.1, 0.15) is 22.8 Å². The molecule has 0 spiro atoms. The molecule has 20 heavy (non-hydrogen) atoms. The highest BCUT2D eigenvalue weighted by atomic mass is 79.9. The molecule has 1 unspecified atom stereocenters. The van der Waals surface area contributed by atoms with Crippen LogP contribution in [0, 0.1) is 18.6 Å². The fraction of sp³-hybridized carbons (Fsp3) is 0.200. The Morgan fingerprint density at radius 3 is 2.45 bits per heavy atom. The Kier molecular flexibility index (Phi) is 4.40. The van der Waals surface area contributed by atoms with Gasteiger partial charge >= 0.3 is 0 Å². The number of aliphatic hydroxyl groups is 1. The summed E-state index contributed by atoms with van der Waals surface area (Å²) in [6, 6.07) is 7.68. The first-order chi connectivity index (χ1) is 9.45. The molecule has 0 radical (unpaired) electrons. The van der Waals surface area contributed by atoms with E-state index in [9.17, 15) is 13.9 Å². The van der Waals surface area contributed by atoms with Crippen molar-refractivity contribution < 1.29 is 18.6 Å². The fourth-order valence-corrected chi connectivity index (χ4v) is 2.46. The SMILES string of the molecule is COc1ccc(C(O)c2ccc(C)c(F)c2F)cc1Br.